The minimum atomic E-state index is -0.174. The van der Waals surface area contributed by atoms with Crippen molar-refractivity contribution < 1.29 is 9.53 Å². The van der Waals surface area contributed by atoms with E-state index >= 15 is 0 Å². The fourth-order valence-electron chi connectivity index (χ4n) is 1.91. The molecule has 5 nitrogen and oxygen atoms in total. The van der Waals surface area contributed by atoms with Crippen LogP contribution in [0.3, 0.4) is 0 Å². The van der Waals surface area contributed by atoms with E-state index in [-0.39, 0.29) is 12.5 Å². The van der Waals surface area contributed by atoms with E-state index in [0.29, 0.717) is 23.3 Å². The van der Waals surface area contributed by atoms with Crippen LogP contribution in [-0.2, 0) is 9.53 Å². The van der Waals surface area contributed by atoms with Crippen molar-refractivity contribution in [1.29, 1.82) is 0 Å². The Morgan fingerprint density at radius 2 is 2.29 bits per heavy atom. The number of thiazole rings is 1. The van der Waals surface area contributed by atoms with Crippen LogP contribution in [0, 0.1) is 5.92 Å². The van der Waals surface area contributed by atoms with E-state index in [4.69, 9.17) is 10.5 Å². The minimum absolute atomic E-state index is 0.0656. The largest absolute Gasteiger partial charge is 0.399 e. The number of hydrogen-bond donors (Lipinski definition) is 2. The van der Waals surface area contributed by atoms with Crippen LogP contribution in [0.25, 0.3) is 10.2 Å². The molecule has 0 atom stereocenters. The second-order valence-electron chi connectivity index (χ2n) is 5.38. The first kappa shape index (κ1) is 15.7. The predicted molar refractivity (Wildman–Crippen MR) is 87.6 cm³/mol. The van der Waals surface area contributed by atoms with Crippen molar-refractivity contribution in [1.82, 2.24) is 4.98 Å². The Bertz CT molecular complexity index is 610. The average Bonchev–Trinajstić information content (AvgIpc) is 2.79. The molecule has 21 heavy (non-hydrogen) atoms. The van der Waals surface area contributed by atoms with Gasteiger partial charge in [0.15, 0.2) is 5.13 Å². The quantitative estimate of drug-likeness (QED) is 0.608. The number of nitrogens with one attached hydrogen (secondary N) is 1. The molecule has 1 aromatic carbocycles. The minimum Gasteiger partial charge on any atom is -0.399 e. The first-order valence-electron chi connectivity index (χ1n) is 7.08. The molecule has 114 valence electrons. The van der Waals surface area contributed by atoms with Gasteiger partial charge in [-0.1, -0.05) is 25.2 Å². The molecule has 0 aliphatic heterocycles. The number of benzene rings is 1. The third-order valence-electron chi connectivity index (χ3n) is 2.96. The average molecular weight is 307 g/mol. The van der Waals surface area contributed by atoms with Gasteiger partial charge in [0.25, 0.3) is 5.91 Å². The highest BCUT2D eigenvalue weighted by Gasteiger charge is 2.08. The lowest BCUT2D eigenvalue weighted by Crippen LogP contribution is -2.18. The Labute approximate surface area is 128 Å². The van der Waals surface area contributed by atoms with E-state index < -0.39 is 0 Å². The third-order valence-corrected chi connectivity index (χ3v) is 3.90. The van der Waals surface area contributed by atoms with Crippen LogP contribution < -0.4 is 11.1 Å². The summed E-state index contributed by atoms with van der Waals surface area (Å²) in [5.74, 6) is 0.490. The maximum atomic E-state index is 11.8. The van der Waals surface area contributed by atoms with Gasteiger partial charge in [0.1, 0.15) is 6.61 Å². The predicted octanol–water partition coefficient (Wildman–Crippen LogP) is 3.27. The topological polar surface area (TPSA) is 77.2 Å². The number of aromatic nitrogens is 1. The molecule has 1 amide bonds. The van der Waals surface area contributed by atoms with Gasteiger partial charge in [-0.3, -0.25) is 10.1 Å². The highest BCUT2D eigenvalue weighted by molar-refractivity contribution is 7.22. The maximum absolute atomic E-state index is 11.8. The highest BCUT2D eigenvalue weighted by atomic mass is 32.1. The molecule has 0 unspecified atom stereocenters. The van der Waals surface area contributed by atoms with E-state index in [0.717, 1.165) is 23.1 Å². The van der Waals surface area contributed by atoms with E-state index in [1.165, 1.54) is 11.3 Å². The van der Waals surface area contributed by atoms with Crippen molar-refractivity contribution in [2.75, 3.05) is 24.3 Å². The van der Waals surface area contributed by atoms with Crippen molar-refractivity contribution in [3.05, 3.63) is 18.2 Å². The molecule has 1 aromatic heterocycles. The number of nitrogen functional groups attached to an aromatic ring is 1. The number of anilines is 2. The van der Waals surface area contributed by atoms with Crippen LogP contribution in [0.5, 0.6) is 0 Å². The monoisotopic (exact) mass is 307 g/mol. The van der Waals surface area contributed by atoms with Crippen molar-refractivity contribution in [3.8, 4) is 0 Å². The number of rotatable bonds is 7. The Morgan fingerprint density at radius 3 is 3.05 bits per heavy atom. The zero-order chi connectivity index (χ0) is 15.2. The summed E-state index contributed by atoms with van der Waals surface area (Å²) in [7, 11) is 0. The molecule has 2 aromatic rings. The number of nitrogens with two attached hydrogens (primary N) is 1. The number of hydrogen-bond acceptors (Lipinski definition) is 5. The number of nitrogens with zero attached hydrogens (tertiary/aromatic N) is 1. The number of carbonyl (C=O) groups is 1. The highest BCUT2D eigenvalue weighted by Crippen LogP contribution is 2.27. The molecular formula is C15H21N3O2S. The van der Waals surface area contributed by atoms with Crippen LogP contribution in [0.4, 0.5) is 10.8 Å². The summed E-state index contributed by atoms with van der Waals surface area (Å²) in [6, 6.07) is 5.50. The van der Waals surface area contributed by atoms with E-state index in [2.05, 4.69) is 24.1 Å². The fraction of sp³-hybridized carbons (Fsp3) is 0.467. The normalized spacial score (nSPS) is 11.2. The Morgan fingerprint density at radius 1 is 1.48 bits per heavy atom. The Hall–Kier alpha value is -1.66. The number of ether oxygens (including phenoxy) is 1. The number of carbonyl (C=O) groups excluding carboxylic acids is 1. The first-order chi connectivity index (χ1) is 10.0. The van der Waals surface area contributed by atoms with E-state index in [1.54, 1.807) is 6.07 Å². The van der Waals surface area contributed by atoms with Gasteiger partial charge >= 0.3 is 0 Å². The second-order valence-corrected chi connectivity index (χ2v) is 6.41. The number of amides is 1. The SMILES string of the molecule is CC(C)CCCOCC(=O)Nc1nc2ccc(N)cc2s1. The lowest BCUT2D eigenvalue weighted by molar-refractivity contribution is -0.120. The van der Waals surface area contributed by atoms with Crippen LogP contribution in [0.1, 0.15) is 26.7 Å². The van der Waals surface area contributed by atoms with Gasteiger partial charge in [-0.25, -0.2) is 4.98 Å². The van der Waals surface area contributed by atoms with Crippen molar-refractivity contribution in [2.45, 2.75) is 26.7 Å². The van der Waals surface area contributed by atoms with Gasteiger partial charge < -0.3 is 10.5 Å². The van der Waals surface area contributed by atoms with Gasteiger partial charge in [-0.15, -0.1) is 0 Å². The zero-order valence-corrected chi connectivity index (χ0v) is 13.2. The standard InChI is InChI=1S/C15H21N3O2S/c1-10(2)4-3-7-20-9-14(19)18-15-17-12-6-5-11(16)8-13(12)21-15/h5-6,8,10H,3-4,7,9,16H2,1-2H3,(H,17,18,19). The molecule has 3 N–H and O–H groups in total. The summed E-state index contributed by atoms with van der Waals surface area (Å²) in [6.45, 7) is 5.03. The molecule has 1 heterocycles. The molecule has 0 saturated carbocycles. The molecule has 0 aliphatic rings. The molecular weight excluding hydrogens is 286 g/mol. The van der Waals surface area contributed by atoms with Gasteiger partial charge in [0, 0.05) is 12.3 Å². The molecule has 0 saturated heterocycles. The lowest BCUT2D eigenvalue weighted by atomic mass is 10.1. The summed E-state index contributed by atoms with van der Waals surface area (Å²) in [5.41, 5.74) is 7.25. The van der Waals surface area contributed by atoms with E-state index in [1.807, 2.05) is 12.1 Å². The molecule has 0 bridgehead atoms. The maximum Gasteiger partial charge on any atom is 0.252 e. The van der Waals surface area contributed by atoms with Gasteiger partial charge in [0.05, 0.1) is 10.2 Å². The first-order valence-corrected chi connectivity index (χ1v) is 7.90. The van der Waals surface area contributed by atoms with Crippen molar-refractivity contribution in [3.63, 3.8) is 0 Å². The molecule has 0 aliphatic carbocycles. The van der Waals surface area contributed by atoms with Crippen LogP contribution >= 0.6 is 11.3 Å². The van der Waals surface area contributed by atoms with Gasteiger partial charge in [-0.2, -0.15) is 0 Å². The zero-order valence-electron chi connectivity index (χ0n) is 12.4. The molecule has 0 fully saturated rings. The summed E-state index contributed by atoms with van der Waals surface area (Å²) in [4.78, 5) is 16.1. The molecule has 0 spiro atoms. The smallest absolute Gasteiger partial charge is 0.252 e. The van der Waals surface area contributed by atoms with Crippen LogP contribution in [-0.4, -0.2) is 24.1 Å². The molecule has 6 heteroatoms. The third kappa shape index (κ3) is 4.99. The summed E-state index contributed by atoms with van der Waals surface area (Å²) in [5, 5.41) is 3.33. The molecule has 0 radical (unpaired) electrons. The Kier molecular flexibility index (Phi) is 5.52. The van der Waals surface area contributed by atoms with Crippen molar-refractivity contribution >= 4 is 38.3 Å². The summed E-state index contributed by atoms with van der Waals surface area (Å²) in [6.07, 6.45) is 2.09. The Balaban J connectivity index is 1.78. The van der Waals surface area contributed by atoms with Crippen LogP contribution in [0.2, 0.25) is 0 Å². The summed E-state index contributed by atoms with van der Waals surface area (Å²) >= 11 is 1.41. The van der Waals surface area contributed by atoms with Gasteiger partial charge in [-0.05, 0) is 37.0 Å². The van der Waals surface area contributed by atoms with Crippen LogP contribution in [0.15, 0.2) is 18.2 Å². The second kappa shape index (κ2) is 7.38. The lowest BCUT2D eigenvalue weighted by Gasteiger charge is -2.05. The fourth-order valence-corrected chi connectivity index (χ4v) is 2.84. The van der Waals surface area contributed by atoms with Crippen molar-refractivity contribution in [2.24, 2.45) is 5.92 Å². The number of fused-ring (bicyclic) bond motifs is 1. The van der Waals surface area contributed by atoms with E-state index in [9.17, 15) is 4.79 Å². The summed E-state index contributed by atoms with van der Waals surface area (Å²) < 4.78 is 6.32. The van der Waals surface area contributed by atoms with Gasteiger partial charge in [0.2, 0.25) is 0 Å². The molecule has 2 rings (SSSR count).